The highest BCUT2D eigenvalue weighted by atomic mass is 16.3. The van der Waals surface area contributed by atoms with Crippen molar-refractivity contribution in [1.29, 1.82) is 0 Å². The smallest absolute Gasteiger partial charge is 0.332 e. The standard InChI is InChI=1S/C15H23N3O3/c1-10-9-16(3)13-12(10)14(20)18(15(21)17(13)4)8-6-5-7-11(2)19/h9,11,19H,5-8H2,1-4H3/i2D3,3D3,9D. The average molecular weight is 300 g/mol. The summed E-state index contributed by atoms with van der Waals surface area (Å²) in [6, 6.07) is 0. The fourth-order valence-electron chi connectivity index (χ4n) is 2.43. The van der Waals surface area contributed by atoms with Gasteiger partial charge < -0.3 is 9.67 Å². The fraction of sp³-hybridized carbons (Fsp3) is 0.600. The van der Waals surface area contributed by atoms with E-state index in [0.717, 1.165) is 9.13 Å². The second kappa shape index (κ2) is 5.89. The Bertz CT molecular complexity index is 998. The summed E-state index contributed by atoms with van der Waals surface area (Å²) in [5, 5.41) is 9.54. The SMILES string of the molecule is [2H]c1c(C)c2c(=O)n(CCCCC(O)C([2H])([2H])[2H])c(=O)n(C)c2n1C([2H])([2H])[2H]. The number of aliphatic hydroxyl groups excluding tert-OH is 1. The van der Waals surface area contributed by atoms with Crippen molar-refractivity contribution in [2.45, 2.75) is 45.7 Å². The van der Waals surface area contributed by atoms with Gasteiger partial charge in [0.05, 0.1) is 12.9 Å². The summed E-state index contributed by atoms with van der Waals surface area (Å²) in [6.07, 6.45) is -1.28. The van der Waals surface area contributed by atoms with Gasteiger partial charge in [-0.1, -0.05) is 0 Å². The minimum atomic E-state index is -2.72. The second-order valence-corrected chi connectivity index (χ2v) is 5.08. The summed E-state index contributed by atoms with van der Waals surface area (Å²) >= 11 is 0. The Morgan fingerprint density at radius 1 is 1.43 bits per heavy atom. The molecule has 1 unspecified atom stereocenters. The lowest BCUT2D eigenvalue weighted by molar-refractivity contribution is 0.180. The van der Waals surface area contributed by atoms with Crippen molar-refractivity contribution in [3.8, 4) is 0 Å². The Hall–Kier alpha value is -1.82. The minimum Gasteiger partial charge on any atom is -0.393 e. The first kappa shape index (κ1) is 8.58. The number of hydrogen-bond donors (Lipinski definition) is 1. The molecule has 0 aliphatic rings. The number of nitrogens with zero attached hydrogens (tertiary/aromatic N) is 3. The van der Waals surface area contributed by atoms with E-state index >= 15 is 0 Å². The minimum absolute atomic E-state index is 0.000861. The maximum atomic E-state index is 12.8. The van der Waals surface area contributed by atoms with E-state index in [1.807, 2.05) is 0 Å². The maximum absolute atomic E-state index is 12.8. The Balaban J connectivity index is 2.44. The molecule has 0 bridgehead atoms. The lowest BCUT2D eigenvalue weighted by Gasteiger charge is -2.10. The molecule has 2 aromatic rings. The molecule has 1 N–H and O–H groups in total. The monoisotopic (exact) mass is 300 g/mol. The largest absolute Gasteiger partial charge is 0.393 e. The third kappa shape index (κ3) is 2.81. The summed E-state index contributed by atoms with van der Waals surface area (Å²) in [4.78, 5) is 25.5. The van der Waals surface area contributed by atoms with Crippen LogP contribution in [-0.2, 0) is 20.6 Å². The molecule has 2 aromatic heterocycles. The number of aromatic nitrogens is 3. The van der Waals surface area contributed by atoms with Gasteiger partial charge in [0, 0.05) is 35.0 Å². The molecule has 6 heteroatoms. The van der Waals surface area contributed by atoms with E-state index in [-0.39, 0.29) is 48.6 Å². The zero-order valence-corrected chi connectivity index (χ0v) is 12.0. The molecule has 0 aliphatic carbocycles. The van der Waals surface area contributed by atoms with Crippen LogP contribution in [0.5, 0.6) is 0 Å². The van der Waals surface area contributed by atoms with Crippen LogP contribution in [0.1, 0.15) is 41.3 Å². The molecule has 0 aromatic carbocycles. The third-order valence-corrected chi connectivity index (χ3v) is 3.49. The lowest BCUT2D eigenvalue weighted by atomic mass is 10.2. The van der Waals surface area contributed by atoms with E-state index in [9.17, 15) is 14.7 Å². The first-order valence-corrected chi connectivity index (χ1v) is 6.69. The molecule has 116 valence electrons. The molecular formula is C15H23N3O3. The lowest BCUT2D eigenvalue weighted by Crippen LogP contribution is -2.39. The molecule has 0 aliphatic heterocycles. The van der Waals surface area contributed by atoms with Gasteiger partial charge in [-0.25, -0.2) is 4.79 Å². The van der Waals surface area contributed by atoms with Crippen LogP contribution in [0.2, 0.25) is 0 Å². The molecule has 2 rings (SSSR count). The highest BCUT2D eigenvalue weighted by molar-refractivity contribution is 5.79. The van der Waals surface area contributed by atoms with E-state index < -0.39 is 31.2 Å². The Morgan fingerprint density at radius 3 is 2.86 bits per heavy atom. The molecule has 0 saturated heterocycles. The predicted octanol–water partition coefficient (Wildman–Crippen LogP) is 0.898. The third-order valence-electron chi connectivity index (χ3n) is 3.49. The summed E-state index contributed by atoms with van der Waals surface area (Å²) in [6.45, 7) is -3.76. The molecule has 6 nitrogen and oxygen atoms in total. The zero-order valence-electron chi connectivity index (χ0n) is 19.0. The summed E-state index contributed by atoms with van der Waals surface area (Å²) in [5.41, 5.74) is -1.38. The number of hydrogen-bond acceptors (Lipinski definition) is 3. The van der Waals surface area contributed by atoms with Crippen LogP contribution in [0, 0.1) is 6.92 Å². The average Bonchev–Trinajstić information content (AvgIpc) is 2.83. The number of fused-ring (bicyclic) bond motifs is 1. The van der Waals surface area contributed by atoms with Crippen molar-refractivity contribution >= 4 is 11.0 Å². The van der Waals surface area contributed by atoms with Gasteiger partial charge in [-0.05, 0) is 38.6 Å². The zero-order chi connectivity index (χ0) is 21.6. The van der Waals surface area contributed by atoms with Gasteiger partial charge in [-0.3, -0.25) is 13.9 Å². The van der Waals surface area contributed by atoms with Crippen molar-refractivity contribution in [1.82, 2.24) is 13.7 Å². The fourth-order valence-corrected chi connectivity index (χ4v) is 2.43. The Morgan fingerprint density at radius 2 is 2.19 bits per heavy atom. The first-order chi connectivity index (χ1) is 12.7. The van der Waals surface area contributed by atoms with Gasteiger partial charge >= 0.3 is 5.69 Å². The second-order valence-electron chi connectivity index (χ2n) is 5.08. The molecule has 0 radical (unpaired) electrons. The van der Waals surface area contributed by atoms with Crippen LogP contribution in [-0.4, -0.2) is 24.9 Å². The maximum Gasteiger partial charge on any atom is 0.332 e. The van der Waals surface area contributed by atoms with Crippen LogP contribution < -0.4 is 11.2 Å². The van der Waals surface area contributed by atoms with Crippen LogP contribution in [0.3, 0.4) is 0 Å². The van der Waals surface area contributed by atoms with Crippen molar-refractivity contribution < 1.29 is 14.7 Å². The number of aliphatic hydroxyl groups is 1. The van der Waals surface area contributed by atoms with Crippen molar-refractivity contribution in [3.63, 3.8) is 0 Å². The van der Waals surface area contributed by atoms with Crippen molar-refractivity contribution in [2.24, 2.45) is 14.0 Å². The highest BCUT2D eigenvalue weighted by Gasteiger charge is 2.15. The molecular weight excluding hydrogens is 270 g/mol. The Labute approximate surface area is 133 Å². The molecule has 0 fully saturated rings. The Kier molecular flexibility index (Phi) is 2.41. The highest BCUT2D eigenvalue weighted by Crippen LogP contribution is 2.14. The topological polar surface area (TPSA) is 69.2 Å². The summed E-state index contributed by atoms with van der Waals surface area (Å²) in [7, 11) is 1.33. The quantitative estimate of drug-likeness (QED) is 0.834. The van der Waals surface area contributed by atoms with E-state index in [4.69, 9.17) is 9.60 Å². The molecule has 0 amide bonds. The van der Waals surface area contributed by atoms with Crippen LogP contribution in [0.4, 0.5) is 0 Å². The van der Waals surface area contributed by atoms with Crippen LogP contribution in [0.15, 0.2) is 15.8 Å². The van der Waals surface area contributed by atoms with Gasteiger partial charge in [0.25, 0.3) is 5.56 Å². The van der Waals surface area contributed by atoms with Crippen molar-refractivity contribution in [2.75, 3.05) is 0 Å². The molecule has 0 saturated carbocycles. The molecule has 1 atom stereocenters. The van der Waals surface area contributed by atoms with Gasteiger partial charge in [-0.15, -0.1) is 0 Å². The van der Waals surface area contributed by atoms with E-state index in [1.165, 1.54) is 14.0 Å². The van der Waals surface area contributed by atoms with Crippen LogP contribution in [0.25, 0.3) is 11.0 Å². The molecule has 2 heterocycles. The van der Waals surface area contributed by atoms with Gasteiger partial charge in [0.1, 0.15) is 5.65 Å². The first-order valence-electron chi connectivity index (χ1n) is 10.2. The van der Waals surface area contributed by atoms with Gasteiger partial charge in [0.2, 0.25) is 0 Å². The number of rotatable bonds is 5. The number of unbranched alkanes of at least 4 members (excludes halogenated alkanes) is 1. The van der Waals surface area contributed by atoms with Crippen LogP contribution >= 0.6 is 0 Å². The van der Waals surface area contributed by atoms with E-state index in [0.29, 0.717) is 4.57 Å². The van der Waals surface area contributed by atoms with E-state index in [2.05, 4.69) is 0 Å². The van der Waals surface area contributed by atoms with E-state index in [1.54, 1.807) is 0 Å². The molecule has 21 heavy (non-hydrogen) atoms. The van der Waals surface area contributed by atoms with Crippen molar-refractivity contribution in [3.05, 3.63) is 32.6 Å². The predicted molar refractivity (Wildman–Crippen MR) is 82.7 cm³/mol. The summed E-state index contributed by atoms with van der Waals surface area (Å²) in [5.74, 6) is 0. The molecule has 0 spiro atoms. The normalized spacial score (nSPS) is 19.1. The van der Waals surface area contributed by atoms with Gasteiger partial charge in [-0.2, -0.15) is 0 Å². The summed E-state index contributed by atoms with van der Waals surface area (Å²) < 4.78 is 54.9. The number of aryl methyl sites for hydroxylation is 3. The van der Waals surface area contributed by atoms with Gasteiger partial charge in [0.15, 0.2) is 0 Å².